The molecule has 0 saturated carbocycles. The first kappa shape index (κ1) is 19.7. The second-order valence-electron chi connectivity index (χ2n) is 6.28. The number of carboxylic acids is 1. The molecule has 0 aliphatic heterocycles. The fourth-order valence-corrected chi connectivity index (χ4v) is 2.68. The molecule has 9 nitrogen and oxygen atoms in total. The van der Waals surface area contributed by atoms with Gasteiger partial charge in [-0.1, -0.05) is 24.3 Å². The van der Waals surface area contributed by atoms with Crippen LogP contribution >= 0.6 is 0 Å². The number of rotatable bonds is 8. The zero-order chi connectivity index (χ0) is 20.8. The van der Waals surface area contributed by atoms with Gasteiger partial charge < -0.3 is 20.7 Å². The Morgan fingerprint density at radius 1 is 1.07 bits per heavy atom. The highest BCUT2D eigenvalue weighted by Crippen LogP contribution is 2.11. The standard InChI is InChI=1S/C20H18N4O5/c25-14(9-17(26)27)11-21-13-5-3-4-12(8-13)10-22-20(29)18-23-16-7-2-1-6-15(16)19(28)24-18/h1-8,21H,9-11H2,(H,22,29)(H,26,27)(H,23,24,28). The van der Waals surface area contributed by atoms with E-state index in [9.17, 15) is 19.2 Å². The van der Waals surface area contributed by atoms with Crippen molar-refractivity contribution in [3.05, 3.63) is 70.3 Å². The number of carboxylic acid groups (broad SMARTS) is 1. The largest absolute Gasteiger partial charge is 0.481 e. The number of aromatic amines is 1. The fourth-order valence-electron chi connectivity index (χ4n) is 2.68. The topological polar surface area (TPSA) is 141 Å². The van der Waals surface area contributed by atoms with Crippen molar-refractivity contribution >= 4 is 34.3 Å². The molecular formula is C20H18N4O5. The van der Waals surface area contributed by atoms with Gasteiger partial charge in [-0.2, -0.15) is 0 Å². The number of benzene rings is 2. The molecule has 0 fully saturated rings. The van der Waals surface area contributed by atoms with E-state index < -0.39 is 29.6 Å². The molecule has 9 heteroatoms. The number of amides is 1. The Kier molecular flexibility index (Phi) is 5.98. The van der Waals surface area contributed by atoms with Gasteiger partial charge in [-0.05, 0) is 29.8 Å². The minimum Gasteiger partial charge on any atom is -0.481 e. The molecule has 1 amide bonds. The first-order valence-corrected chi connectivity index (χ1v) is 8.76. The molecule has 2 aromatic carbocycles. The number of carbonyl (C=O) groups is 3. The summed E-state index contributed by atoms with van der Waals surface area (Å²) in [5, 5.41) is 14.5. The highest BCUT2D eigenvalue weighted by molar-refractivity contribution is 5.97. The summed E-state index contributed by atoms with van der Waals surface area (Å²) in [6.45, 7) is 0.0678. The summed E-state index contributed by atoms with van der Waals surface area (Å²) in [6, 6.07) is 13.7. The van der Waals surface area contributed by atoms with Crippen LogP contribution in [-0.2, 0) is 16.1 Å². The molecule has 1 aromatic heterocycles. The number of nitrogens with zero attached hydrogens (tertiary/aromatic N) is 1. The Balaban J connectivity index is 1.62. The zero-order valence-corrected chi connectivity index (χ0v) is 15.3. The lowest BCUT2D eigenvalue weighted by Gasteiger charge is -2.09. The van der Waals surface area contributed by atoms with Gasteiger partial charge in [0.25, 0.3) is 11.5 Å². The number of aromatic nitrogens is 2. The van der Waals surface area contributed by atoms with Crippen molar-refractivity contribution in [2.24, 2.45) is 0 Å². The van der Waals surface area contributed by atoms with Crippen LogP contribution < -0.4 is 16.2 Å². The summed E-state index contributed by atoms with van der Waals surface area (Å²) in [7, 11) is 0. The molecule has 148 valence electrons. The van der Waals surface area contributed by atoms with Crippen molar-refractivity contribution in [2.75, 3.05) is 11.9 Å². The van der Waals surface area contributed by atoms with Gasteiger partial charge in [0.05, 0.1) is 17.4 Å². The molecule has 3 rings (SSSR count). The number of Topliss-reactive ketones (excluding diaryl/α,β-unsaturated/α-hetero) is 1. The van der Waals surface area contributed by atoms with E-state index >= 15 is 0 Å². The van der Waals surface area contributed by atoms with Crippen LogP contribution in [0.15, 0.2) is 53.3 Å². The number of carbonyl (C=O) groups excluding carboxylic acids is 2. The predicted octanol–water partition coefficient (Wildman–Crippen LogP) is 1.31. The van der Waals surface area contributed by atoms with E-state index in [1.165, 1.54) is 0 Å². The number of hydrogen-bond donors (Lipinski definition) is 4. The summed E-state index contributed by atoms with van der Waals surface area (Å²) < 4.78 is 0. The first-order chi connectivity index (χ1) is 13.9. The molecule has 0 aliphatic carbocycles. The Bertz CT molecular complexity index is 1140. The molecular weight excluding hydrogens is 376 g/mol. The number of anilines is 1. The van der Waals surface area contributed by atoms with Crippen LogP contribution in [0.25, 0.3) is 10.9 Å². The van der Waals surface area contributed by atoms with E-state index in [0.717, 1.165) is 5.56 Å². The van der Waals surface area contributed by atoms with E-state index in [1.807, 2.05) is 0 Å². The average Bonchev–Trinajstić information content (AvgIpc) is 2.70. The van der Waals surface area contributed by atoms with Gasteiger partial charge in [0.2, 0.25) is 0 Å². The number of para-hydroxylation sites is 1. The van der Waals surface area contributed by atoms with E-state index in [2.05, 4.69) is 20.6 Å². The maximum Gasteiger partial charge on any atom is 0.310 e. The highest BCUT2D eigenvalue weighted by Gasteiger charge is 2.11. The third-order valence-corrected chi connectivity index (χ3v) is 4.05. The van der Waals surface area contributed by atoms with Crippen molar-refractivity contribution in [1.82, 2.24) is 15.3 Å². The number of nitrogens with one attached hydrogen (secondary N) is 3. The molecule has 29 heavy (non-hydrogen) atoms. The van der Waals surface area contributed by atoms with Crippen LogP contribution in [-0.4, -0.2) is 39.3 Å². The van der Waals surface area contributed by atoms with Gasteiger partial charge in [0, 0.05) is 12.2 Å². The zero-order valence-electron chi connectivity index (χ0n) is 15.3. The molecule has 1 heterocycles. The monoisotopic (exact) mass is 394 g/mol. The van der Waals surface area contributed by atoms with E-state index in [-0.39, 0.29) is 18.9 Å². The maximum atomic E-state index is 12.4. The van der Waals surface area contributed by atoms with E-state index in [1.54, 1.807) is 48.5 Å². The Morgan fingerprint density at radius 3 is 2.66 bits per heavy atom. The molecule has 0 saturated heterocycles. The third-order valence-electron chi connectivity index (χ3n) is 4.05. The molecule has 0 unspecified atom stereocenters. The first-order valence-electron chi connectivity index (χ1n) is 8.76. The SMILES string of the molecule is O=C(O)CC(=O)CNc1cccc(CNC(=O)c2nc3ccccc3c(=O)[nH]2)c1. The number of ketones is 1. The molecule has 0 atom stereocenters. The summed E-state index contributed by atoms with van der Waals surface area (Å²) in [4.78, 5) is 53.1. The number of H-pyrrole nitrogens is 1. The summed E-state index contributed by atoms with van der Waals surface area (Å²) in [6.07, 6.45) is -0.542. The lowest BCUT2D eigenvalue weighted by molar-refractivity contribution is -0.139. The third kappa shape index (κ3) is 5.25. The van der Waals surface area contributed by atoms with Crippen LogP contribution in [0.1, 0.15) is 22.6 Å². The predicted molar refractivity (Wildman–Crippen MR) is 106 cm³/mol. The number of aliphatic carboxylic acids is 1. The van der Waals surface area contributed by atoms with Gasteiger partial charge in [-0.3, -0.25) is 19.2 Å². The highest BCUT2D eigenvalue weighted by atomic mass is 16.4. The molecule has 0 radical (unpaired) electrons. The second kappa shape index (κ2) is 8.79. The van der Waals surface area contributed by atoms with E-state index in [0.29, 0.717) is 16.6 Å². The van der Waals surface area contributed by atoms with Crippen LogP contribution in [0, 0.1) is 0 Å². The summed E-state index contributed by atoms with van der Waals surface area (Å²) >= 11 is 0. The van der Waals surface area contributed by atoms with Gasteiger partial charge in [-0.15, -0.1) is 0 Å². The van der Waals surface area contributed by atoms with Crippen LogP contribution in [0.3, 0.4) is 0 Å². The number of hydrogen-bond acceptors (Lipinski definition) is 6. The van der Waals surface area contributed by atoms with Crippen molar-refractivity contribution in [1.29, 1.82) is 0 Å². The second-order valence-corrected chi connectivity index (χ2v) is 6.28. The fraction of sp³-hybridized carbons (Fsp3) is 0.150. The average molecular weight is 394 g/mol. The smallest absolute Gasteiger partial charge is 0.310 e. The summed E-state index contributed by atoms with van der Waals surface area (Å²) in [5.74, 6) is -2.22. The normalized spacial score (nSPS) is 10.5. The van der Waals surface area contributed by atoms with Gasteiger partial charge in [0.15, 0.2) is 11.6 Å². The van der Waals surface area contributed by atoms with Crippen molar-refractivity contribution in [3.8, 4) is 0 Å². The van der Waals surface area contributed by atoms with Crippen LogP contribution in [0.2, 0.25) is 0 Å². The van der Waals surface area contributed by atoms with Gasteiger partial charge >= 0.3 is 5.97 Å². The minimum absolute atomic E-state index is 0.0813. The quantitative estimate of drug-likeness (QED) is 0.422. The lowest BCUT2D eigenvalue weighted by Crippen LogP contribution is -2.27. The molecule has 0 bridgehead atoms. The Morgan fingerprint density at radius 2 is 1.86 bits per heavy atom. The Hall–Kier alpha value is -4.01. The van der Waals surface area contributed by atoms with Crippen molar-refractivity contribution in [2.45, 2.75) is 13.0 Å². The molecule has 0 spiro atoms. The molecule has 4 N–H and O–H groups in total. The van der Waals surface area contributed by atoms with Crippen LogP contribution in [0.4, 0.5) is 5.69 Å². The van der Waals surface area contributed by atoms with Gasteiger partial charge in [0.1, 0.15) is 6.42 Å². The maximum absolute atomic E-state index is 12.4. The lowest BCUT2D eigenvalue weighted by atomic mass is 10.2. The molecule has 0 aliphatic rings. The number of fused-ring (bicyclic) bond motifs is 1. The summed E-state index contributed by atoms with van der Waals surface area (Å²) in [5.41, 5.74) is 1.40. The molecule has 3 aromatic rings. The van der Waals surface area contributed by atoms with Crippen molar-refractivity contribution in [3.63, 3.8) is 0 Å². The van der Waals surface area contributed by atoms with Crippen LogP contribution in [0.5, 0.6) is 0 Å². The van der Waals surface area contributed by atoms with Crippen molar-refractivity contribution < 1.29 is 19.5 Å². The van der Waals surface area contributed by atoms with E-state index in [4.69, 9.17) is 5.11 Å². The minimum atomic E-state index is -1.17. The van der Waals surface area contributed by atoms with Gasteiger partial charge in [-0.25, -0.2) is 4.98 Å². The Labute approximate surface area is 164 Å².